The topological polar surface area (TPSA) is 56.1 Å². The maximum atomic E-state index is 12.2. The zero-order chi connectivity index (χ0) is 17.5. The smallest absolute Gasteiger partial charge is 0.261 e. The molecule has 0 bridgehead atoms. The van der Waals surface area contributed by atoms with Crippen LogP contribution in [-0.2, 0) is 17.9 Å². The Balaban J connectivity index is 1.48. The van der Waals surface area contributed by atoms with Crippen molar-refractivity contribution in [1.29, 1.82) is 0 Å². The van der Waals surface area contributed by atoms with Crippen molar-refractivity contribution in [2.75, 3.05) is 0 Å². The molecule has 5 nitrogen and oxygen atoms in total. The summed E-state index contributed by atoms with van der Waals surface area (Å²) in [5.74, 6) is 0.553. The number of carbonyl (C=O) groups is 1. The molecule has 1 unspecified atom stereocenters. The van der Waals surface area contributed by atoms with E-state index >= 15 is 0 Å². The van der Waals surface area contributed by atoms with Crippen molar-refractivity contribution in [3.8, 4) is 5.75 Å². The molecule has 0 aliphatic carbocycles. The molecule has 3 rings (SSSR count). The number of hydrogen-bond donors (Lipinski definition) is 1. The van der Waals surface area contributed by atoms with E-state index in [4.69, 9.17) is 4.74 Å². The van der Waals surface area contributed by atoms with Gasteiger partial charge in [0.1, 0.15) is 5.75 Å². The zero-order valence-corrected chi connectivity index (χ0v) is 14.1. The summed E-state index contributed by atoms with van der Waals surface area (Å²) in [6.07, 6.45) is 3.16. The molecule has 1 atom stereocenters. The third-order valence-corrected chi connectivity index (χ3v) is 3.82. The zero-order valence-electron chi connectivity index (χ0n) is 14.1. The minimum atomic E-state index is -0.540. The number of amides is 1. The van der Waals surface area contributed by atoms with Crippen LogP contribution in [0.25, 0.3) is 0 Å². The lowest BCUT2D eigenvalue weighted by molar-refractivity contribution is -0.127. The van der Waals surface area contributed by atoms with E-state index in [2.05, 4.69) is 10.4 Å². The second-order valence-electron chi connectivity index (χ2n) is 5.81. The van der Waals surface area contributed by atoms with Gasteiger partial charge in [-0.25, -0.2) is 0 Å². The predicted molar refractivity (Wildman–Crippen MR) is 96.1 cm³/mol. The highest BCUT2D eigenvalue weighted by Gasteiger charge is 2.13. The van der Waals surface area contributed by atoms with E-state index in [0.717, 1.165) is 12.1 Å². The predicted octanol–water partition coefficient (Wildman–Crippen LogP) is 3.02. The quantitative estimate of drug-likeness (QED) is 0.722. The maximum Gasteiger partial charge on any atom is 0.261 e. The second kappa shape index (κ2) is 8.15. The van der Waals surface area contributed by atoms with Gasteiger partial charge < -0.3 is 10.1 Å². The lowest BCUT2D eigenvalue weighted by atomic mass is 10.1. The number of ether oxygens (including phenoxy) is 1. The summed E-state index contributed by atoms with van der Waals surface area (Å²) in [6, 6.07) is 19.4. The third kappa shape index (κ3) is 4.94. The van der Waals surface area contributed by atoms with Crippen molar-refractivity contribution in [2.45, 2.75) is 26.1 Å². The van der Waals surface area contributed by atoms with Crippen LogP contribution in [0.4, 0.5) is 0 Å². The Hall–Kier alpha value is -3.08. The Morgan fingerprint density at radius 2 is 1.80 bits per heavy atom. The van der Waals surface area contributed by atoms with E-state index in [0.29, 0.717) is 12.3 Å². The normalized spacial score (nSPS) is 11.7. The van der Waals surface area contributed by atoms with Crippen LogP contribution in [0, 0.1) is 0 Å². The lowest BCUT2D eigenvalue weighted by Crippen LogP contribution is -2.35. The van der Waals surface area contributed by atoms with Gasteiger partial charge in [-0.15, -0.1) is 0 Å². The van der Waals surface area contributed by atoms with E-state index in [-0.39, 0.29) is 5.91 Å². The minimum Gasteiger partial charge on any atom is -0.481 e. The highest BCUT2D eigenvalue weighted by atomic mass is 16.5. The van der Waals surface area contributed by atoms with Crippen LogP contribution in [0.2, 0.25) is 0 Å². The van der Waals surface area contributed by atoms with E-state index in [1.54, 1.807) is 13.1 Å². The van der Waals surface area contributed by atoms with Gasteiger partial charge >= 0.3 is 0 Å². The first-order valence-corrected chi connectivity index (χ1v) is 8.25. The number of benzene rings is 2. The number of aromatic nitrogens is 2. The summed E-state index contributed by atoms with van der Waals surface area (Å²) in [4.78, 5) is 12.2. The number of carbonyl (C=O) groups excluding carboxylic acids is 1. The van der Waals surface area contributed by atoms with Crippen LogP contribution in [-0.4, -0.2) is 21.8 Å². The molecule has 0 aliphatic rings. The van der Waals surface area contributed by atoms with Crippen molar-refractivity contribution in [1.82, 2.24) is 15.1 Å². The standard InChI is InChI=1S/C20H21N3O2/c1-16(25-19-6-3-2-4-7-19)20(24)21-14-17-8-10-18(11-9-17)15-23-13-5-12-22-23/h2-13,16H,14-15H2,1H3,(H,21,24). The van der Waals surface area contributed by atoms with Crippen LogP contribution in [0.5, 0.6) is 5.75 Å². The summed E-state index contributed by atoms with van der Waals surface area (Å²) >= 11 is 0. The van der Waals surface area contributed by atoms with Gasteiger partial charge in [-0.3, -0.25) is 9.48 Å². The van der Waals surface area contributed by atoms with Gasteiger partial charge in [0.05, 0.1) is 6.54 Å². The first-order valence-electron chi connectivity index (χ1n) is 8.25. The Bertz CT molecular complexity index is 784. The molecule has 0 radical (unpaired) electrons. The lowest BCUT2D eigenvalue weighted by Gasteiger charge is -2.14. The maximum absolute atomic E-state index is 12.2. The van der Waals surface area contributed by atoms with Gasteiger partial charge in [0, 0.05) is 18.9 Å². The molecule has 0 aliphatic heterocycles. The molecule has 1 aromatic heterocycles. The number of nitrogens with one attached hydrogen (secondary N) is 1. The highest BCUT2D eigenvalue weighted by molar-refractivity contribution is 5.80. The molecule has 128 valence electrons. The molecule has 1 amide bonds. The Morgan fingerprint density at radius 1 is 1.08 bits per heavy atom. The average Bonchev–Trinajstić information content (AvgIpc) is 3.14. The van der Waals surface area contributed by atoms with Gasteiger partial charge in [0.15, 0.2) is 6.10 Å². The van der Waals surface area contributed by atoms with Crippen LogP contribution in [0.15, 0.2) is 73.1 Å². The van der Waals surface area contributed by atoms with Crippen LogP contribution in [0.1, 0.15) is 18.1 Å². The van der Waals surface area contributed by atoms with Crippen molar-refractivity contribution in [2.24, 2.45) is 0 Å². The van der Waals surface area contributed by atoms with E-state index in [1.807, 2.05) is 71.5 Å². The molecule has 5 heteroatoms. The molecule has 0 fully saturated rings. The van der Waals surface area contributed by atoms with E-state index in [1.165, 1.54) is 5.56 Å². The monoisotopic (exact) mass is 335 g/mol. The molecule has 1 N–H and O–H groups in total. The molecule has 3 aromatic rings. The Labute approximate surface area is 147 Å². The molecule has 0 saturated carbocycles. The summed E-state index contributed by atoms with van der Waals surface area (Å²) in [7, 11) is 0. The van der Waals surface area contributed by atoms with Crippen molar-refractivity contribution in [3.63, 3.8) is 0 Å². The molecule has 0 saturated heterocycles. The van der Waals surface area contributed by atoms with Crippen LogP contribution in [0.3, 0.4) is 0 Å². The van der Waals surface area contributed by atoms with Gasteiger partial charge in [0.25, 0.3) is 5.91 Å². The summed E-state index contributed by atoms with van der Waals surface area (Å²) < 4.78 is 7.50. The number of para-hydroxylation sites is 1. The highest BCUT2D eigenvalue weighted by Crippen LogP contribution is 2.11. The summed E-state index contributed by atoms with van der Waals surface area (Å²) in [5, 5.41) is 7.10. The Morgan fingerprint density at radius 3 is 2.48 bits per heavy atom. The van der Waals surface area contributed by atoms with Crippen molar-refractivity contribution >= 4 is 5.91 Å². The van der Waals surface area contributed by atoms with Gasteiger partial charge in [-0.2, -0.15) is 5.10 Å². The summed E-state index contributed by atoms with van der Waals surface area (Å²) in [5.41, 5.74) is 2.21. The largest absolute Gasteiger partial charge is 0.481 e. The summed E-state index contributed by atoms with van der Waals surface area (Å²) in [6.45, 7) is 2.96. The first kappa shape index (κ1) is 16.8. The van der Waals surface area contributed by atoms with Gasteiger partial charge in [-0.05, 0) is 36.2 Å². The third-order valence-electron chi connectivity index (χ3n) is 3.82. The Kier molecular flexibility index (Phi) is 5.46. The molecule has 0 spiro atoms. The van der Waals surface area contributed by atoms with Crippen LogP contribution >= 0.6 is 0 Å². The number of rotatable bonds is 7. The molecule has 1 heterocycles. The second-order valence-corrected chi connectivity index (χ2v) is 5.81. The van der Waals surface area contributed by atoms with Gasteiger partial charge in [0.2, 0.25) is 0 Å². The molecular formula is C20H21N3O2. The van der Waals surface area contributed by atoms with Gasteiger partial charge in [-0.1, -0.05) is 42.5 Å². The van der Waals surface area contributed by atoms with E-state index in [9.17, 15) is 4.79 Å². The number of nitrogens with zero attached hydrogens (tertiary/aromatic N) is 2. The molecular weight excluding hydrogens is 314 g/mol. The van der Waals surface area contributed by atoms with Crippen LogP contribution < -0.4 is 10.1 Å². The first-order chi connectivity index (χ1) is 12.2. The van der Waals surface area contributed by atoms with Crippen molar-refractivity contribution in [3.05, 3.63) is 84.2 Å². The molecule has 25 heavy (non-hydrogen) atoms. The SMILES string of the molecule is CC(Oc1ccccc1)C(=O)NCc1ccc(Cn2cccn2)cc1. The fraction of sp³-hybridized carbons (Fsp3) is 0.200. The van der Waals surface area contributed by atoms with Crippen molar-refractivity contribution < 1.29 is 9.53 Å². The molecule has 2 aromatic carbocycles. The minimum absolute atomic E-state index is 0.135. The van der Waals surface area contributed by atoms with E-state index < -0.39 is 6.10 Å². The number of hydrogen-bond acceptors (Lipinski definition) is 3. The fourth-order valence-corrected chi connectivity index (χ4v) is 2.43. The average molecular weight is 335 g/mol. The fourth-order valence-electron chi connectivity index (χ4n) is 2.43.